The third-order valence-corrected chi connectivity index (χ3v) is 4.54. The number of thioether (sulfide) groups is 1. The molecule has 0 atom stereocenters. The highest BCUT2D eigenvalue weighted by Gasteiger charge is 2.23. The molecule has 2 aromatic rings. The Bertz CT molecular complexity index is 761. The first-order valence-electron chi connectivity index (χ1n) is 8.00. The van der Waals surface area contributed by atoms with E-state index in [0.717, 1.165) is 12.8 Å². The molecule has 0 saturated heterocycles. The summed E-state index contributed by atoms with van der Waals surface area (Å²) in [6.07, 6.45) is 3.82. The lowest BCUT2D eigenvalue weighted by Crippen LogP contribution is -2.27. The first-order valence-corrected chi connectivity index (χ1v) is 8.98. The quantitative estimate of drug-likeness (QED) is 0.548. The van der Waals surface area contributed by atoms with Crippen molar-refractivity contribution in [2.75, 3.05) is 5.75 Å². The van der Waals surface area contributed by atoms with E-state index in [4.69, 9.17) is 4.74 Å². The highest BCUT2D eigenvalue weighted by molar-refractivity contribution is 7.99. The number of ether oxygens (including phenoxy) is 1. The minimum Gasteiger partial charge on any atom is -0.483 e. The van der Waals surface area contributed by atoms with E-state index in [0.29, 0.717) is 23.6 Å². The summed E-state index contributed by atoms with van der Waals surface area (Å²) < 4.78 is 20.9. The molecular formula is C17H19FN4O2S. The zero-order valence-corrected chi connectivity index (χ0v) is 14.5. The largest absolute Gasteiger partial charge is 0.483 e. The van der Waals surface area contributed by atoms with E-state index in [1.165, 1.54) is 17.8 Å². The van der Waals surface area contributed by atoms with Crippen LogP contribution in [0, 0.1) is 5.82 Å². The molecule has 8 heteroatoms. The number of benzene rings is 1. The highest BCUT2D eigenvalue weighted by atomic mass is 32.2. The lowest BCUT2D eigenvalue weighted by Gasteiger charge is -2.09. The van der Waals surface area contributed by atoms with E-state index in [9.17, 15) is 9.18 Å². The molecule has 0 radical (unpaired) electrons. The van der Waals surface area contributed by atoms with E-state index in [1.807, 2.05) is 4.57 Å². The molecule has 1 aromatic heterocycles. The Kier molecular flexibility index (Phi) is 5.70. The number of hydrogen-bond acceptors (Lipinski definition) is 5. The topological polar surface area (TPSA) is 69.0 Å². The van der Waals surface area contributed by atoms with Gasteiger partial charge < -0.3 is 10.1 Å². The predicted octanol–water partition coefficient (Wildman–Crippen LogP) is 2.55. The van der Waals surface area contributed by atoms with E-state index >= 15 is 0 Å². The van der Waals surface area contributed by atoms with Crippen molar-refractivity contribution in [3.05, 3.63) is 48.6 Å². The van der Waals surface area contributed by atoms with Crippen molar-refractivity contribution in [2.24, 2.45) is 0 Å². The highest BCUT2D eigenvalue weighted by Crippen LogP contribution is 2.22. The summed E-state index contributed by atoms with van der Waals surface area (Å²) in [4.78, 5) is 11.8. The summed E-state index contributed by atoms with van der Waals surface area (Å²) in [6.45, 7) is 4.29. The lowest BCUT2D eigenvalue weighted by atomic mass is 10.3. The van der Waals surface area contributed by atoms with Crippen LogP contribution in [0.1, 0.15) is 18.7 Å². The maximum Gasteiger partial charge on any atom is 0.230 e. The van der Waals surface area contributed by atoms with Gasteiger partial charge in [0.1, 0.15) is 6.61 Å². The van der Waals surface area contributed by atoms with Crippen LogP contribution in [-0.4, -0.2) is 32.5 Å². The maximum absolute atomic E-state index is 13.6. The zero-order chi connectivity index (χ0) is 17.6. The van der Waals surface area contributed by atoms with Crippen LogP contribution in [0.5, 0.6) is 5.75 Å². The number of hydrogen-bond donors (Lipinski definition) is 1. The molecule has 0 spiro atoms. The number of carbonyl (C=O) groups excluding carboxylic acids is 1. The summed E-state index contributed by atoms with van der Waals surface area (Å²) in [5.74, 6) is 0.551. The van der Waals surface area contributed by atoms with Crippen molar-refractivity contribution < 1.29 is 13.9 Å². The summed E-state index contributed by atoms with van der Waals surface area (Å²) in [7, 11) is 0. The minimum atomic E-state index is -0.427. The average molecular weight is 362 g/mol. The minimum absolute atomic E-state index is 0.00944. The Morgan fingerprint density at radius 1 is 1.44 bits per heavy atom. The van der Waals surface area contributed by atoms with Crippen molar-refractivity contribution in [1.82, 2.24) is 20.1 Å². The Hall–Kier alpha value is -2.35. The zero-order valence-electron chi connectivity index (χ0n) is 13.7. The molecule has 25 heavy (non-hydrogen) atoms. The Labute approximate surface area is 149 Å². The summed E-state index contributed by atoms with van der Waals surface area (Å²) in [5.41, 5.74) is 0. The molecule has 1 fully saturated rings. The van der Waals surface area contributed by atoms with Crippen LogP contribution >= 0.6 is 11.8 Å². The van der Waals surface area contributed by atoms with Crippen LogP contribution in [0.2, 0.25) is 0 Å². The van der Waals surface area contributed by atoms with Gasteiger partial charge >= 0.3 is 0 Å². The number of carbonyl (C=O) groups is 1. The summed E-state index contributed by atoms with van der Waals surface area (Å²) >= 11 is 1.31. The van der Waals surface area contributed by atoms with Crippen molar-refractivity contribution in [2.45, 2.75) is 37.2 Å². The molecular weight excluding hydrogens is 343 g/mol. The molecule has 1 heterocycles. The van der Waals surface area contributed by atoms with E-state index < -0.39 is 5.82 Å². The molecule has 3 rings (SSSR count). The van der Waals surface area contributed by atoms with Crippen molar-refractivity contribution in [3.63, 3.8) is 0 Å². The van der Waals surface area contributed by atoms with Crippen molar-refractivity contribution >= 4 is 17.7 Å². The normalized spacial score (nSPS) is 13.5. The summed E-state index contributed by atoms with van der Waals surface area (Å²) in [5, 5.41) is 11.7. The summed E-state index contributed by atoms with van der Waals surface area (Å²) in [6, 6.07) is 6.53. The fraction of sp³-hybridized carbons (Fsp3) is 0.353. The number of rotatable bonds is 9. The molecule has 1 aliphatic carbocycles. The number of amides is 1. The number of halogens is 1. The van der Waals surface area contributed by atoms with Crippen LogP contribution in [0.25, 0.3) is 0 Å². The first-order chi connectivity index (χ1) is 12.2. The SMILES string of the molecule is C=CCn1c(COc2ccccc2F)nnc1SCC(=O)NC1CC1. The van der Waals surface area contributed by atoms with Crippen LogP contribution in [-0.2, 0) is 17.9 Å². The van der Waals surface area contributed by atoms with Gasteiger partial charge in [-0.1, -0.05) is 30.0 Å². The van der Waals surface area contributed by atoms with Gasteiger partial charge in [-0.05, 0) is 25.0 Å². The molecule has 1 N–H and O–H groups in total. The predicted molar refractivity (Wildman–Crippen MR) is 92.8 cm³/mol. The van der Waals surface area contributed by atoms with E-state index in [-0.39, 0.29) is 24.0 Å². The second-order valence-electron chi connectivity index (χ2n) is 5.65. The van der Waals surface area contributed by atoms with Gasteiger partial charge in [0.05, 0.1) is 5.75 Å². The number of nitrogens with zero attached hydrogens (tertiary/aromatic N) is 3. The second kappa shape index (κ2) is 8.15. The molecule has 1 aromatic carbocycles. The standard InChI is InChI=1S/C17H19FN4O2S/c1-2-9-22-15(10-24-14-6-4-3-5-13(14)18)20-21-17(22)25-11-16(23)19-12-7-8-12/h2-6,12H,1,7-11H2,(H,19,23). The maximum atomic E-state index is 13.6. The fourth-order valence-corrected chi connectivity index (χ4v) is 2.95. The van der Waals surface area contributed by atoms with Gasteiger partial charge in [0.15, 0.2) is 22.5 Å². The second-order valence-corrected chi connectivity index (χ2v) is 6.59. The van der Waals surface area contributed by atoms with E-state index in [2.05, 4.69) is 22.1 Å². The molecule has 0 unspecified atom stereocenters. The monoisotopic (exact) mass is 362 g/mol. The van der Waals surface area contributed by atoms with Gasteiger partial charge in [-0.25, -0.2) is 4.39 Å². The Balaban J connectivity index is 1.62. The van der Waals surface area contributed by atoms with Crippen LogP contribution < -0.4 is 10.1 Å². The molecule has 132 valence electrons. The third-order valence-electron chi connectivity index (χ3n) is 3.57. The Morgan fingerprint density at radius 2 is 2.24 bits per heavy atom. The molecule has 1 aliphatic rings. The van der Waals surface area contributed by atoms with Crippen molar-refractivity contribution in [3.8, 4) is 5.75 Å². The first kappa shape index (κ1) is 17.5. The van der Waals surface area contributed by atoms with Crippen molar-refractivity contribution in [1.29, 1.82) is 0 Å². The Morgan fingerprint density at radius 3 is 2.96 bits per heavy atom. The molecule has 0 aliphatic heterocycles. The molecule has 1 amide bonds. The number of allylic oxidation sites excluding steroid dienone is 1. The van der Waals surface area contributed by atoms with Crippen LogP contribution in [0.15, 0.2) is 42.1 Å². The van der Waals surface area contributed by atoms with Gasteiger partial charge in [-0.2, -0.15) is 0 Å². The van der Waals surface area contributed by atoms with Gasteiger partial charge in [-0.15, -0.1) is 16.8 Å². The van der Waals surface area contributed by atoms with Crippen LogP contribution in [0.3, 0.4) is 0 Å². The van der Waals surface area contributed by atoms with E-state index in [1.54, 1.807) is 24.3 Å². The van der Waals surface area contributed by atoms with Gasteiger partial charge in [0, 0.05) is 12.6 Å². The van der Waals surface area contributed by atoms with Gasteiger partial charge in [0.2, 0.25) is 5.91 Å². The van der Waals surface area contributed by atoms with Gasteiger partial charge in [0.25, 0.3) is 0 Å². The number of para-hydroxylation sites is 1. The average Bonchev–Trinajstić information content (AvgIpc) is 3.33. The molecule has 6 nitrogen and oxygen atoms in total. The molecule has 1 saturated carbocycles. The smallest absolute Gasteiger partial charge is 0.230 e. The number of nitrogens with one attached hydrogen (secondary N) is 1. The molecule has 0 bridgehead atoms. The third kappa shape index (κ3) is 4.82. The lowest BCUT2D eigenvalue weighted by molar-refractivity contribution is -0.118. The fourth-order valence-electron chi connectivity index (χ4n) is 2.18. The van der Waals surface area contributed by atoms with Gasteiger partial charge in [-0.3, -0.25) is 9.36 Å². The van der Waals surface area contributed by atoms with Crippen LogP contribution in [0.4, 0.5) is 4.39 Å². The number of aromatic nitrogens is 3.